The molecule has 0 amide bonds. The highest BCUT2D eigenvalue weighted by atomic mass is 31.2. The van der Waals surface area contributed by atoms with Crippen LogP contribution in [0.4, 0.5) is 0 Å². The van der Waals surface area contributed by atoms with E-state index in [1.165, 1.54) is 0 Å². The Hall–Kier alpha value is -0.190. The highest BCUT2D eigenvalue weighted by molar-refractivity contribution is 7.43. The van der Waals surface area contributed by atoms with Crippen molar-refractivity contribution in [3.63, 3.8) is 0 Å². The standard InChI is InChI=1S/C20H39O25P3/c1-36-15-6(3-38-46(27,28)29)42-19(13(25)9(15)21)45-17-8(5-40-48(33,34)35)43-20(14(26)11(17)23)44-16-7(4-39-47(30,31)32)41-18(37-2)12(24)10(16)22/h6-26H,3-5H2,1-2H3,(H2,27,28,29)(H2,30,31,32)(H2,33,34,35)/p-6/t6-,7-,8-,9-,10-,11-,12-,13-,14-,15-,16-,17-,18-,19+,20+/m1/s1. The summed E-state index contributed by atoms with van der Waals surface area (Å²) in [5, 5.41) is 63.9. The first-order valence-electron chi connectivity index (χ1n) is 13.5. The monoisotopic (exact) mass is 766 g/mol. The normalized spacial score (nSPS) is 41.8. The molecule has 0 spiro atoms. The molecule has 3 saturated heterocycles. The summed E-state index contributed by atoms with van der Waals surface area (Å²) in [6, 6.07) is 0. The second kappa shape index (κ2) is 17.1. The third-order valence-electron chi connectivity index (χ3n) is 7.20. The van der Waals surface area contributed by atoms with E-state index in [0.29, 0.717) is 0 Å². The number of aliphatic hydroxyl groups excluding tert-OH is 6. The summed E-state index contributed by atoms with van der Waals surface area (Å²) < 4.78 is 82.5. The molecule has 0 unspecified atom stereocenters. The molecule has 25 nitrogen and oxygen atoms in total. The molecule has 48 heavy (non-hydrogen) atoms. The highest BCUT2D eigenvalue weighted by Gasteiger charge is 2.54. The molecule has 284 valence electrons. The summed E-state index contributed by atoms with van der Waals surface area (Å²) >= 11 is 0. The number of hydrogen-bond donors (Lipinski definition) is 6. The Kier molecular flexibility index (Phi) is 15.0. The van der Waals surface area contributed by atoms with Gasteiger partial charge < -0.3 is 120 Å². The van der Waals surface area contributed by atoms with Crippen LogP contribution in [-0.2, 0) is 60.4 Å². The van der Waals surface area contributed by atoms with Crippen molar-refractivity contribution in [2.24, 2.45) is 0 Å². The number of hydrogen-bond acceptors (Lipinski definition) is 25. The van der Waals surface area contributed by atoms with Gasteiger partial charge in [0.25, 0.3) is 0 Å². The van der Waals surface area contributed by atoms with Crippen molar-refractivity contribution in [1.29, 1.82) is 0 Å². The predicted octanol–water partition coefficient (Wildman–Crippen LogP) is -9.71. The van der Waals surface area contributed by atoms with Crippen LogP contribution in [-0.4, -0.2) is 157 Å². The molecule has 3 fully saturated rings. The summed E-state index contributed by atoms with van der Waals surface area (Å²) in [7, 11) is -15.0. The van der Waals surface area contributed by atoms with Gasteiger partial charge in [-0.2, -0.15) is 0 Å². The minimum atomic E-state index is -5.79. The Morgan fingerprint density at radius 1 is 0.479 bits per heavy atom. The van der Waals surface area contributed by atoms with Gasteiger partial charge in [-0.25, -0.2) is 0 Å². The topological polar surface area (TPSA) is 403 Å². The van der Waals surface area contributed by atoms with Crippen molar-refractivity contribution >= 4 is 23.5 Å². The van der Waals surface area contributed by atoms with Crippen LogP contribution in [0.2, 0.25) is 0 Å². The summed E-state index contributed by atoms with van der Waals surface area (Å²) in [6.07, 6.45) is -29.5. The van der Waals surface area contributed by atoms with Crippen LogP contribution in [0.5, 0.6) is 0 Å². The fourth-order valence-electron chi connectivity index (χ4n) is 4.97. The van der Waals surface area contributed by atoms with Crippen molar-refractivity contribution in [2.75, 3.05) is 34.0 Å². The number of rotatable bonds is 15. The fraction of sp³-hybridized carbons (Fsp3) is 1.00. The highest BCUT2D eigenvalue weighted by Crippen LogP contribution is 2.36. The Morgan fingerprint density at radius 3 is 1.08 bits per heavy atom. The van der Waals surface area contributed by atoms with E-state index in [0.717, 1.165) is 14.2 Å². The molecule has 6 N–H and O–H groups in total. The van der Waals surface area contributed by atoms with Crippen LogP contribution in [0.3, 0.4) is 0 Å². The van der Waals surface area contributed by atoms with Gasteiger partial charge in [0.2, 0.25) is 0 Å². The largest absolute Gasteiger partial charge is 0.790 e. The summed E-state index contributed by atoms with van der Waals surface area (Å²) in [5.41, 5.74) is 0. The Bertz CT molecular complexity index is 1160. The lowest BCUT2D eigenvalue weighted by atomic mass is 9.96. The lowest BCUT2D eigenvalue weighted by Crippen LogP contribution is -2.67. The molecular formula is C20H33O25P3-6. The molecule has 0 aliphatic carbocycles. The molecular weight excluding hydrogens is 733 g/mol. The molecule has 3 heterocycles. The van der Waals surface area contributed by atoms with E-state index in [9.17, 15) is 73.7 Å². The van der Waals surface area contributed by atoms with Gasteiger partial charge in [0.15, 0.2) is 18.9 Å². The zero-order valence-electron chi connectivity index (χ0n) is 24.6. The van der Waals surface area contributed by atoms with Crippen molar-refractivity contribution < 1.29 is 120 Å². The van der Waals surface area contributed by atoms with Gasteiger partial charge in [-0.05, 0) is 0 Å². The number of phosphoric acid groups is 3. The van der Waals surface area contributed by atoms with E-state index in [4.69, 9.17) is 33.2 Å². The Labute approximate surface area is 270 Å². The van der Waals surface area contributed by atoms with E-state index in [1.54, 1.807) is 0 Å². The molecule has 0 aromatic rings. The molecule has 3 rings (SSSR count). The van der Waals surface area contributed by atoms with Gasteiger partial charge in [-0.1, -0.05) is 0 Å². The Morgan fingerprint density at radius 2 is 0.771 bits per heavy atom. The summed E-state index contributed by atoms with van der Waals surface area (Å²) in [6.45, 7) is -3.51. The zero-order chi connectivity index (χ0) is 36.4. The SMILES string of the molecule is CO[C@@H]1O[C@H](COP(=O)([O-])[O-])[C@@H](O[C@@H]2O[C@H](COP(=O)([O-])[O-])[C@@H](O[C@@H]3O[C@H](COP(=O)([O-])[O-])[C@@H](OC)[C@H](O)[C@H]3O)[C@H](O)[C@H]2O)[C@H](O)[C@H]1O. The quantitative estimate of drug-likeness (QED) is 0.0843. The average molecular weight is 766 g/mol. The Balaban J connectivity index is 1.87. The minimum Gasteiger partial charge on any atom is -0.790 e. The first-order valence-corrected chi connectivity index (χ1v) is 17.9. The summed E-state index contributed by atoms with van der Waals surface area (Å²) in [4.78, 5) is 66.5. The number of methoxy groups -OCH3 is 2. The van der Waals surface area contributed by atoms with Gasteiger partial charge >= 0.3 is 0 Å². The van der Waals surface area contributed by atoms with Gasteiger partial charge in [0.05, 0.1) is 43.3 Å². The number of ether oxygens (including phenoxy) is 7. The van der Waals surface area contributed by atoms with E-state index >= 15 is 0 Å². The fourth-order valence-corrected chi connectivity index (χ4v) is 5.96. The maximum atomic E-state index is 11.2. The predicted molar refractivity (Wildman–Crippen MR) is 130 cm³/mol. The van der Waals surface area contributed by atoms with Crippen LogP contribution in [0.1, 0.15) is 0 Å². The average Bonchev–Trinajstić information content (AvgIpc) is 2.97. The summed E-state index contributed by atoms with van der Waals surface area (Å²) in [5.74, 6) is 0. The van der Waals surface area contributed by atoms with E-state index in [2.05, 4.69) is 13.6 Å². The third kappa shape index (κ3) is 11.4. The maximum absolute atomic E-state index is 11.2. The molecule has 0 radical (unpaired) electrons. The molecule has 3 aliphatic rings. The van der Waals surface area contributed by atoms with Crippen LogP contribution < -0.4 is 29.4 Å². The molecule has 0 bridgehead atoms. The first kappa shape index (κ1) is 42.2. The van der Waals surface area contributed by atoms with Crippen LogP contribution in [0.15, 0.2) is 0 Å². The van der Waals surface area contributed by atoms with E-state index < -0.39 is 135 Å². The molecule has 28 heteroatoms. The van der Waals surface area contributed by atoms with E-state index in [-0.39, 0.29) is 0 Å². The molecule has 0 saturated carbocycles. The van der Waals surface area contributed by atoms with Gasteiger partial charge in [0.1, 0.15) is 73.2 Å². The zero-order valence-corrected chi connectivity index (χ0v) is 27.2. The molecule has 15 atom stereocenters. The van der Waals surface area contributed by atoms with Crippen molar-refractivity contribution in [3.8, 4) is 0 Å². The molecule has 0 aromatic heterocycles. The third-order valence-corrected chi connectivity index (χ3v) is 8.60. The minimum absolute atomic E-state index is 1.01. The molecule has 3 aliphatic heterocycles. The van der Waals surface area contributed by atoms with Crippen molar-refractivity contribution in [3.05, 3.63) is 0 Å². The van der Waals surface area contributed by atoms with Gasteiger partial charge in [-0.15, -0.1) is 0 Å². The van der Waals surface area contributed by atoms with Crippen LogP contribution in [0, 0.1) is 0 Å². The van der Waals surface area contributed by atoms with Crippen molar-refractivity contribution in [2.45, 2.75) is 92.1 Å². The van der Waals surface area contributed by atoms with Gasteiger partial charge in [0, 0.05) is 14.2 Å². The second-order valence-electron chi connectivity index (χ2n) is 10.4. The number of aliphatic hydroxyl groups is 6. The smallest absolute Gasteiger partial charge is 0.187 e. The first-order chi connectivity index (χ1) is 22.1. The lowest BCUT2D eigenvalue weighted by molar-refractivity contribution is -0.385. The maximum Gasteiger partial charge on any atom is 0.187 e. The number of phosphoric ester groups is 3. The van der Waals surface area contributed by atoms with Gasteiger partial charge in [-0.3, -0.25) is 0 Å². The van der Waals surface area contributed by atoms with Crippen molar-refractivity contribution in [1.82, 2.24) is 0 Å². The van der Waals surface area contributed by atoms with E-state index in [1.807, 2.05) is 0 Å². The lowest BCUT2D eigenvalue weighted by Gasteiger charge is -2.49. The van der Waals surface area contributed by atoms with Crippen LogP contribution >= 0.6 is 23.5 Å². The second-order valence-corrected chi connectivity index (χ2v) is 13.9. The van der Waals surface area contributed by atoms with Crippen LogP contribution in [0.25, 0.3) is 0 Å². The molecule has 0 aromatic carbocycles.